The number of hydrogen-bond donors (Lipinski definition) is 4. The van der Waals surface area contributed by atoms with E-state index in [0.29, 0.717) is 73.9 Å². The van der Waals surface area contributed by atoms with Gasteiger partial charge in [0, 0.05) is 55.2 Å². The summed E-state index contributed by atoms with van der Waals surface area (Å²) in [5, 5.41) is 27.2. The summed E-state index contributed by atoms with van der Waals surface area (Å²) in [7, 11) is 0. The molecule has 1 aliphatic carbocycles. The topological polar surface area (TPSA) is 187 Å². The van der Waals surface area contributed by atoms with Gasteiger partial charge in [-0.2, -0.15) is 23.7 Å². The molecule has 3 aliphatic heterocycles. The predicted molar refractivity (Wildman–Crippen MR) is 231 cm³/mol. The third-order valence-corrected chi connectivity index (χ3v) is 12.7. The molecule has 0 radical (unpaired) electrons. The average Bonchev–Trinajstić information content (AvgIpc) is 3.45. The van der Waals surface area contributed by atoms with Crippen molar-refractivity contribution in [3.8, 4) is 17.9 Å². The number of rotatable bonds is 12. The summed E-state index contributed by atoms with van der Waals surface area (Å²) in [5.74, 6) is -0.703. The zero-order valence-corrected chi connectivity index (χ0v) is 36.2. The maximum absolute atomic E-state index is 14.1. The molecule has 1 saturated carbocycles. The Morgan fingerprint density at radius 1 is 1.03 bits per heavy atom. The van der Waals surface area contributed by atoms with E-state index in [1.165, 1.54) is 11.0 Å². The second kappa shape index (κ2) is 18.1. The number of alkyl halides is 3. The van der Waals surface area contributed by atoms with E-state index in [1.54, 1.807) is 18.2 Å². The lowest BCUT2D eigenvalue weighted by atomic mass is 9.75. The van der Waals surface area contributed by atoms with Gasteiger partial charge in [0.05, 0.1) is 35.6 Å². The fourth-order valence-electron chi connectivity index (χ4n) is 9.02. The SMILES string of the molecule is CC(C)c1cc(N2C(S)N(c3cnc(C#N)c(C(F)(F)F)c3)C(=O)C23CCC3)ccc1OCCN1C[C@@H](C)N(CC(=O)Nc2cc(C#N)cc(NC3CCC(=O)NC3=O)c2)[C@@H](C)C1. The first-order chi connectivity index (χ1) is 29.9. The smallest absolute Gasteiger partial charge is 0.419 e. The number of amides is 4. The number of benzene rings is 2. The summed E-state index contributed by atoms with van der Waals surface area (Å²) in [6, 6.07) is 14.2. The summed E-state index contributed by atoms with van der Waals surface area (Å²) in [6.45, 7) is 10.7. The number of nitriles is 2. The number of imide groups is 1. The van der Waals surface area contributed by atoms with Crippen molar-refractivity contribution in [3.05, 3.63) is 71.0 Å². The normalized spacial score (nSPS) is 22.7. The molecule has 2 unspecified atom stereocenters. The molecule has 3 N–H and O–H groups in total. The highest BCUT2D eigenvalue weighted by Crippen LogP contribution is 2.51. The Hall–Kier alpha value is -5.89. The van der Waals surface area contributed by atoms with Crippen LogP contribution in [0.15, 0.2) is 48.7 Å². The van der Waals surface area contributed by atoms with Crippen molar-refractivity contribution < 1.29 is 37.1 Å². The van der Waals surface area contributed by atoms with Crippen LogP contribution in [0.5, 0.6) is 5.75 Å². The molecule has 3 aromatic rings. The second-order valence-corrected chi connectivity index (χ2v) is 17.4. The van der Waals surface area contributed by atoms with E-state index in [4.69, 9.17) is 17.4 Å². The average molecular weight is 887 g/mol. The number of nitrogens with one attached hydrogen (secondary N) is 3. The van der Waals surface area contributed by atoms with Crippen LogP contribution < -0.4 is 30.5 Å². The molecule has 2 aromatic carbocycles. The van der Waals surface area contributed by atoms with E-state index in [2.05, 4.69) is 50.7 Å². The Kier molecular flexibility index (Phi) is 12.9. The summed E-state index contributed by atoms with van der Waals surface area (Å²) in [4.78, 5) is 62.5. The van der Waals surface area contributed by atoms with Crippen molar-refractivity contribution in [1.29, 1.82) is 10.5 Å². The number of carbonyl (C=O) groups excluding carboxylic acids is 4. The molecule has 0 bridgehead atoms. The Morgan fingerprint density at radius 3 is 2.37 bits per heavy atom. The maximum Gasteiger partial charge on any atom is 0.419 e. The van der Waals surface area contributed by atoms with Crippen LogP contribution in [0.3, 0.4) is 0 Å². The van der Waals surface area contributed by atoms with Gasteiger partial charge in [-0.25, -0.2) is 4.98 Å². The molecule has 7 rings (SSSR count). The number of hydrogen-bond acceptors (Lipinski definition) is 13. The van der Waals surface area contributed by atoms with Gasteiger partial charge in [0.1, 0.15) is 30.0 Å². The van der Waals surface area contributed by atoms with Gasteiger partial charge < -0.3 is 20.3 Å². The first kappa shape index (κ1) is 45.1. The highest BCUT2D eigenvalue weighted by atomic mass is 32.1. The zero-order valence-electron chi connectivity index (χ0n) is 35.3. The molecule has 19 heteroatoms. The minimum atomic E-state index is -4.84. The Balaban J connectivity index is 0.966. The number of nitrogens with zero attached hydrogens (tertiary/aromatic N) is 7. The largest absolute Gasteiger partial charge is 0.492 e. The van der Waals surface area contributed by atoms with E-state index in [-0.39, 0.29) is 54.4 Å². The van der Waals surface area contributed by atoms with Gasteiger partial charge in [0.25, 0.3) is 5.91 Å². The molecule has 4 amide bonds. The molecule has 1 aromatic heterocycles. The summed E-state index contributed by atoms with van der Waals surface area (Å²) in [6.07, 6.45) is -1.45. The lowest BCUT2D eigenvalue weighted by Crippen LogP contribution is -2.58. The van der Waals surface area contributed by atoms with Crippen LogP contribution in [0.1, 0.15) is 88.1 Å². The highest BCUT2D eigenvalue weighted by molar-refractivity contribution is 7.81. The molecule has 15 nitrogen and oxygen atoms in total. The van der Waals surface area contributed by atoms with Crippen LogP contribution in [0.25, 0.3) is 0 Å². The fourth-order valence-corrected chi connectivity index (χ4v) is 9.61. The number of anilines is 4. The number of piperidine rings is 1. The lowest BCUT2D eigenvalue weighted by molar-refractivity contribution is -0.138. The van der Waals surface area contributed by atoms with Gasteiger partial charge in [-0.1, -0.05) is 13.8 Å². The first-order valence-corrected chi connectivity index (χ1v) is 21.4. The Labute approximate surface area is 368 Å². The van der Waals surface area contributed by atoms with Gasteiger partial charge in [-0.05, 0) is 93.5 Å². The summed E-state index contributed by atoms with van der Waals surface area (Å²) < 4.78 is 48.1. The number of thiol groups is 1. The molecule has 3 saturated heterocycles. The molecule has 4 fully saturated rings. The van der Waals surface area contributed by atoms with E-state index < -0.39 is 40.4 Å². The fraction of sp³-hybridized carbons (Fsp3) is 0.477. The van der Waals surface area contributed by atoms with Gasteiger partial charge in [-0.15, -0.1) is 12.6 Å². The molecule has 4 atom stereocenters. The number of carbonyl (C=O) groups is 4. The molecular weight excluding hydrogens is 838 g/mol. The minimum absolute atomic E-state index is 0.0208. The van der Waals surface area contributed by atoms with Crippen molar-refractivity contribution >= 4 is 59.0 Å². The molecule has 332 valence electrons. The third kappa shape index (κ3) is 9.27. The maximum atomic E-state index is 14.1. The van der Waals surface area contributed by atoms with E-state index in [9.17, 15) is 42.9 Å². The zero-order chi connectivity index (χ0) is 45.4. The number of piperazine rings is 1. The van der Waals surface area contributed by atoms with Crippen molar-refractivity contribution in [2.75, 3.05) is 53.2 Å². The summed E-state index contributed by atoms with van der Waals surface area (Å²) in [5.41, 5.74) is -1.24. The third-order valence-electron chi connectivity index (χ3n) is 12.3. The number of aromatic nitrogens is 1. The van der Waals surface area contributed by atoms with Gasteiger partial charge >= 0.3 is 6.18 Å². The van der Waals surface area contributed by atoms with Crippen LogP contribution >= 0.6 is 12.6 Å². The minimum Gasteiger partial charge on any atom is -0.492 e. The van der Waals surface area contributed by atoms with Crippen molar-refractivity contribution in [2.45, 2.75) is 101 Å². The van der Waals surface area contributed by atoms with Crippen molar-refractivity contribution in [2.24, 2.45) is 0 Å². The number of halogens is 3. The quantitative estimate of drug-likeness (QED) is 0.131. The monoisotopic (exact) mass is 886 g/mol. The van der Waals surface area contributed by atoms with E-state index in [0.717, 1.165) is 24.2 Å². The van der Waals surface area contributed by atoms with Gasteiger partial charge in [-0.3, -0.25) is 39.2 Å². The molecule has 4 aliphatic rings. The van der Waals surface area contributed by atoms with Crippen LogP contribution in [0.2, 0.25) is 0 Å². The first-order valence-electron chi connectivity index (χ1n) is 20.9. The predicted octanol–water partition coefficient (Wildman–Crippen LogP) is 5.59. The molecular formula is C44H49F3N10O5S. The van der Waals surface area contributed by atoms with Crippen LogP contribution in [-0.2, 0) is 25.4 Å². The second-order valence-electron chi connectivity index (χ2n) is 16.9. The summed E-state index contributed by atoms with van der Waals surface area (Å²) >= 11 is 4.81. The highest BCUT2D eigenvalue weighted by Gasteiger charge is 2.60. The lowest BCUT2D eigenvalue weighted by Gasteiger charge is -2.45. The van der Waals surface area contributed by atoms with E-state index >= 15 is 0 Å². The van der Waals surface area contributed by atoms with Gasteiger partial charge in [0.2, 0.25) is 17.7 Å². The number of ether oxygens (including phenoxy) is 1. The number of pyridine rings is 1. The van der Waals surface area contributed by atoms with Crippen molar-refractivity contribution in [1.82, 2.24) is 20.1 Å². The van der Waals surface area contributed by atoms with Crippen molar-refractivity contribution in [3.63, 3.8) is 0 Å². The Bertz CT molecular complexity index is 2370. The standard InChI is InChI=1S/C44H49F3N10O5S/c1-25(2)33-17-31(57-42(63)56(41(61)43(57)10-5-11-43)32-18-34(44(45,46)47)36(20-49)50-21-32)6-8-37(33)62-13-12-54-22-26(3)55(27(4)23-54)24-39(59)52-30-15-28(19-48)14-29(16-30)51-35-7-9-38(58)53-40(35)60/h6,8,14-18,21,25-27,35,42,51,63H,5,7,9-13,22-24H2,1-4H3,(H,52,59)(H,53,58,60)/t26-,27+,35?,42?. The molecule has 1 spiro atoms. The van der Waals surface area contributed by atoms with Crippen LogP contribution in [0.4, 0.5) is 35.9 Å². The van der Waals surface area contributed by atoms with E-state index in [1.807, 2.05) is 36.9 Å². The Morgan fingerprint density at radius 2 is 1.75 bits per heavy atom. The molecule has 4 heterocycles. The van der Waals surface area contributed by atoms with Crippen LogP contribution in [-0.4, -0.2) is 100 Å². The molecule has 63 heavy (non-hydrogen) atoms. The van der Waals surface area contributed by atoms with Gasteiger partial charge in [0.15, 0.2) is 11.2 Å². The van der Waals surface area contributed by atoms with Crippen LogP contribution in [0, 0.1) is 22.7 Å².